The van der Waals surface area contributed by atoms with Gasteiger partial charge in [0.05, 0.1) is 18.4 Å². The number of carbonyl (C=O) groups is 1. The standard InChI is InChI=1S/C14H21NO4/c1-3-10-5-11-7-14(9-15(17)18,12(11)6-10)8-13(16)19-4-2/h6,11-12H,3-5,7-9H2,1-2H3. The fraction of sp³-hybridized carbons (Fsp3) is 0.786. The van der Waals surface area contributed by atoms with Crippen molar-refractivity contribution in [3.8, 4) is 0 Å². The average Bonchev–Trinajstić information content (AvgIpc) is 2.66. The summed E-state index contributed by atoms with van der Waals surface area (Å²) in [6.45, 7) is 4.07. The molecule has 0 aromatic rings. The fourth-order valence-corrected chi connectivity index (χ4v) is 3.73. The first-order valence-electron chi connectivity index (χ1n) is 6.97. The second kappa shape index (κ2) is 5.31. The normalized spacial score (nSPS) is 32.2. The first kappa shape index (κ1) is 14.0. The summed E-state index contributed by atoms with van der Waals surface area (Å²) < 4.78 is 4.97. The van der Waals surface area contributed by atoms with Crippen molar-refractivity contribution in [1.29, 1.82) is 0 Å². The first-order chi connectivity index (χ1) is 9.00. The van der Waals surface area contributed by atoms with Crippen molar-refractivity contribution in [3.63, 3.8) is 0 Å². The van der Waals surface area contributed by atoms with E-state index >= 15 is 0 Å². The number of ether oxygens (including phenoxy) is 1. The fourth-order valence-electron chi connectivity index (χ4n) is 3.73. The monoisotopic (exact) mass is 267 g/mol. The van der Waals surface area contributed by atoms with E-state index in [1.54, 1.807) is 6.92 Å². The van der Waals surface area contributed by atoms with Gasteiger partial charge in [-0.2, -0.15) is 0 Å². The SMILES string of the molecule is CCOC(=O)CC1(C[N+](=O)[O-])CC2CC(CC)=CC21. The topological polar surface area (TPSA) is 69.4 Å². The van der Waals surface area contributed by atoms with Gasteiger partial charge in [-0.3, -0.25) is 14.9 Å². The van der Waals surface area contributed by atoms with E-state index in [-0.39, 0.29) is 29.8 Å². The van der Waals surface area contributed by atoms with Crippen LogP contribution in [0.2, 0.25) is 0 Å². The lowest BCUT2D eigenvalue weighted by molar-refractivity contribution is -0.505. The molecule has 5 nitrogen and oxygen atoms in total. The minimum absolute atomic E-state index is 0.125. The van der Waals surface area contributed by atoms with E-state index in [1.807, 2.05) is 0 Å². The van der Waals surface area contributed by atoms with Gasteiger partial charge >= 0.3 is 5.97 Å². The van der Waals surface area contributed by atoms with Crippen molar-refractivity contribution in [1.82, 2.24) is 0 Å². The van der Waals surface area contributed by atoms with E-state index in [1.165, 1.54) is 5.57 Å². The third-order valence-electron chi connectivity index (χ3n) is 4.52. The van der Waals surface area contributed by atoms with Crippen LogP contribution in [0.15, 0.2) is 11.6 Å². The van der Waals surface area contributed by atoms with Crippen molar-refractivity contribution in [3.05, 3.63) is 21.8 Å². The van der Waals surface area contributed by atoms with Crippen LogP contribution in [0.3, 0.4) is 0 Å². The number of hydrogen-bond acceptors (Lipinski definition) is 4. The number of carbonyl (C=O) groups excluding carboxylic acids is 1. The van der Waals surface area contributed by atoms with Crippen molar-refractivity contribution in [2.75, 3.05) is 13.2 Å². The lowest BCUT2D eigenvalue weighted by Crippen LogP contribution is -2.51. The molecule has 0 bridgehead atoms. The van der Waals surface area contributed by atoms with Gasteiger partial charge in [0, 0.05) is 4.92 Å². The molecule has 0 aliphatic heterocycles. The number of rotatable bonds is 6. The Hall–Kier alpha value is -1.39. The van der Waals surface area contributed by atoms with Crippen LogP contribution in [0.25, 0.3) is 0 Å². The Morgan fingerprint density at radius 2 is 2.32 bits per heavy atom. The summed E-state index contributed by atoms with van der Waals surface area (Å²) in [6.07, 6.45) is 5.18. The van der Waals surface area contributed by atoms with E-state index in [0.29, 0.717) is 12.5 Å². The average molecular weight is 267 g/mol. The van der Waals surface area contributed by atoms with E-state index in [9.17, 15) is 14.9 Å². The molecule has 3 atom stereocenters. The number of nitro groups is 1. The van der Waals surface area contributed by atoms with Crippen molar-refractivity contribution >= 4 is 5.97 Å². The number of esters is 1. The molecule has 0 radical (unpaired) electrons. The summed E-state index contributed by atoms with van der Waals surface area (Å²) in [4.78, 5) is 22.3. The van der Waals surface area contributed by atoms with Crippen LogP contribution in [0.4, 0.5) is 0 Å². The molecule has 0 N–H and O–H groups in total. The molecule has 3 unspecified atom stereocenters. The third kappa shape index (κ3) is 2.65. The molecule has 0 spiro atoms. The van der Waals surface area contributed by atoms with E-state index in [4.69, 9.17) is 4.74 Å². The molecule has 0 aromatic carbocycles. The number of fused-ring (bicyclic) bond motifs is 1. The molecule has 2 aliphatic carbocycles. The molecule has 19 heavy (non-hydrogen) atoms. The Balaban J connectivity index is 2.12. The lowest BCUT2D eigenvalue weighted by Gasteiger charge is -2.49. The van der Waals surface area contributed by atoms with Crippen molar-refractivity contribution in [2.24, 2.45) is 17.3 Å². The van der Waals surface area contributed by atoms with Crippen molar-refractivity contribution in [2.45, 2.75) is 39.5 Å². The highest BCUT2D eigenvalue weighted by Crippen LogP contribution is 2.60. The van der Waals surface area contributed by atoms with Gasteiger partial charge in [0.15, 0.2) is 0 Å². The van der Waals surface area contributed by atoms with Gasteiger partial charge in [0.1, 0.15) is 0 Å². The molecule has 0 aromatic heterocycles. The molecule has 0 saturated heterocycles. The van der Waals surface area contributed by atoms with Crippen LogP contribution >= 0.6 is 0 Å². The summed E-state index contributed by atoms with van der Waals surface area (Å²) in [5.41, 5.74) is 0.876. The first-order valence-corrected chi connectivity index (χ1v) is 6.97. The second-order valence-electron chi connectivity index (χ2n) is 5.71. The summed E-state index contributed by atoms with van der Waals surface area (Å²) in [5.74, 6) is 0.391. The largest absolute Gasteiger partial charge is 0.466 e. The second-order valence-corrected chi connectivity index (χ2v) is 5.71. The van der Waals surface area contributed by atoms with Crippen LogP contribution < -0.4 is 0 Å². The molecule has 0 heterocycles. The number of nitrogens with zero attached hydrogens (tertiary/aromatic N) is 1. The van der Waals surface area contributed by atoms with Crippen LogP contribution in [0.5, 0.6) is 0 Å². The van der Waals surface area contributed by atoms with Crippen LogP contribution in [0, 0.1) is 27.4 Å². The highest BCUT2D eigenvalue weighted by Gasteiger charge is 2.58. The van der Waals surface area contributed by atoms with E-state index in [2.05, 4.69) is 13.0 Å². The molecule has 1 fully saturated rings. The van der Waals surface area contributed by atoms with Crippen LogP contribution in [-0.4, -0.2) is 24.0 Å². The summed E-state index contributed by atoms with van der Waals surface area (Å²) in [7, 11) is 0. The maximum atomic E-state index is 11.7. The van der Waals surface area contributed by atoms with E-state index in [0.717, 1.165) is 19.3 Å². The molecule has 5 heteroatoms. The number of hydrogen-bond donors (Lipinski definition) is 0. The molecular weight excluding hydrogens is 246 g/mol. The maximum Gasteiger partial charge on any atom is 0.306 e. The zero-order chi connectivity index (χ0) is 14.0. The Kier molecular flexibility index (Phi) is 3.92. The van der Waals surface area contributed by atoms with E-state index < -0.39 is 5.41 Å². The quantitative estimate of drug-likeness (QED) is 0.321. The predicted octanol–water partition coefficient (Wildman–Crippen LogP) is 2.58. The Labute approximate surface area is 113 Å². The minimum Gasteiger partial charge on any atom is -0.466 e. The van der Waals surface area contributed by atoms with Crippen LogP contribution in [-0.2, 0) is 9.53 Å². The highest BCUT2D eigenvalue weighted by molar-refractivity contribution is 5.70. The van der Waals surface area contributed by atoms with Gasteiger partial charge < -0.3 is 4.74 Å². The van der Waals surface area contributed by atoms with Gasteiger partial charge in [0.25, 0.3) is 0 Å². The maximum absolute atomic E-state index is 11.7. The van der Waals surface area contributed by atoms with Gasteiger partial charge in [0.2, 0.25) is 6.54 Å². The van der Waals surface area contributed by atoms with Gasteiger partial charge in [-0.25, -0.2) is 0 Å². The molecule has 2 rings (SSSR count). The lowest BCUT2D eigenvalue weighted by atomic mass is 9.53. The predicted molar refractivity (Wildman–Crippen MR) is 70.1 cm³/mol. The molecular formula is C14H21NO4. The van der Waals surface area contributed by atoms with Gasteiger partial charge in [-0.1, -0.05) is 18.6 Å². The van der Waals surface area contributed by atoms with Gasteiger partial charge in [-0.05, 0) is 38.0 Å². The minimum atomic E-state index is -0.503. The number of allylic oxidation sites excluding steroid dienone is 2. The molecule has 1 saturated carbocycles. The molecule has 106 valence electrons. The zero-order valence-electron chi connectivity index (χ0n) is 11.6. The Bertz CT molecular complexity index is 418. The van der Waals surface area contributed by atoms with Crippen molar-refractivity contribution < 1.29 is 14.5 Å². The summed E-state index contributed by atoms with van der Waals surface area (Å²) >= 11 is 0. The molecule has 2 aliphatic rings. The smallest absolute Gasteiger partial charge is 0.306 e. The summed E-state index contributed by atoms with van der Waals surface area (Å²) in [5, 5.41) is 10.9. The Morgan fingerprint density at radius 1 is 1.58 bits per heavy atom. The highest BCUT2D eigenvalue weighted by atomic mass is 16.6. The molecule has 0 amide bonds. The zero-order valence-corrected chi connectivity index (χ0v) is 11.6. The summed E-state index contributed by atoms with van der Waals surface area (Å²) in [6, 6.07) is 0. The Morgan fingerprint density at radius 3 is 2.89 bits per heavy atom. The third-order valence-corrected chi connectivity index (χ3v) is 4.52. The van der Waals surface area contributed by atoms with Crippen LogP contribution in [0.1, 0.15) is 39.5 Å². The van der Waals surface area contributed by atoms with Gasteiger partial charge in [-0.15, -0.1) is 0 Å².